The van der Waals surface area contributed by atoms with Gasteiger partial charge >= 0.3 is 6.09 Å². The second-order valence-corrected chi connectivity index (χ2v) is 5.79. The van der Waals surface area contributed by atoms with Crippen LogP contribution in [-0.2, 0) is 4.74 Å². The fourth-order valence-corrected chi connectivity index (χ4v) is 2.77. The number of carbonyl (C=O) groups excluding carboxylic acids is 2. The van der Waals surface area contributed by atoms with Gasteiger partial charge in [0.05, 0.1) is 19.9 Å². The van der Waals surface area contributed by atoms with E-state index in [4.69, 9.17) is 9.47 Å². The summed E-state index contributed by atoms with van der Waals surface area (Å²) in [6.07, 6.45) is -0.359. The molecule has 1 fully saturated rings. The van der Waals surface area contributed by atoms with Crippen molar-refractivity contribution in [2.24, 2.45) is 0 Å². The van der Waals surface area contributed by atoms with Crippen molar-refractivity contribution < 1.29 is 19.1 Å². The number of rotatable bonds is 3. The summed E-state index contributed by atoms with van der Waals surface area (Å²) in [6.45, 7) is 1.91. The monoisotopic (exact) mass is 356 g/mol. The van der Waals surface area contributed by atoms with Crippen molar-refractivity contribution in [2.75, 3.05) is 40.4 Å². The van der Waals surface area contributed by atoms with Crippen LogP contribution in [0.5, 0.6) is 5.88 Å². The van der Waals surface area contributed by atoms with Crippen molar-refractivity contribution in [2.45, 2.75) is 0 Å². The van der Waals surface area contributed by atoms with Crippen molar-refractivity contribution in [1.29, 1.82) is 0 Å². The van der Waals surface area contributed by atoms with Crippen LogP contribution in [0, 0.1) is 0 Å². The van der Waals surface area contributed by atoms with Gasteiger partial charge in [-0.05, 0) is 18.2 Å². The first kappa shape index (κ1) is 17.7. The predicted molar refractivity (Wildman–Crippen MR) is 93.9 cm³/mol. The van der Waals surface area contributed by atoms with E-state index in [0.717, 1.165) is 5.56 Å². The molecule has 1 aromatic carbocycles. The first-order chi connectivity index (χ1) is 12.6. The summed E-state index contributed by atoms with van der Waals surface area (Å²) < 4.78 is 9.70. The Bertz CT molecular complexity index is 769. The molecule has 0 N–H and O–H groups in total. The highest BCUT2D eigenvalue weighted by atomic mass is 16.5. The SMILES string of the molecule is COC(=O)N1CCN(C(=O)c2ccc(-c3ccc(OC)nn3)cc2)CC1. The first-order valence-corrected chi connectivity index (χ1v) is 8.22. The van der Waals surface area contributed by atoms with Gasteiger partial charge in [0.15, 0.2) is 0 Å². The lowest BCUT2D eigenvalue weighted by atomic mass is 10.1. The van der Waals surface area contributed by atoms with Crippen LogP contribution in [-0.4, -0.2) is 72.4 Å². The molecule has 0 atom stereocenters. The number of aromatic nitrogens is 2. The smallest absolute Gasteiger partial charge is 0.409 e. The molecule has 2 heterocycles. The summed E-state index contributed by atoms with van der Waals surface area (Å²) in [5.41, 5.74) is 2.17. The van der Waals surface area contributed by atoms with E-state index in [9.17, 15) is 9.59 Å². The highest BCUT2D eigenvalue weighted by Crippen LogP contribution is 2.19. The van der Waals surface area contributed by atoms with E-state index in [2.05, 4.69) is 10.2 Å². The van der Waals surface area contributed by atoms with Crippen molar-refractivity contribution in [1.82, 2.24) is 20.0 Å². The maximum absolute atomic E-state index is 12.6. The second kappa shape index (κ2) is 7.81. The fourth-order valence-electron chi connectivity index (χ4n) is 2.77. The van der Waals surface area contributed by atoms with Crippen LogP contribution in [0.3, 0.4) is 0 Å². The number of methoxy groups -OCH3 is 2. The second-order valence-electron chi connectivity index (χ2n) is 5.79. The summed E-state index contributed by atoms with van der Waals surface area (Å²) in [5, 5.41) is 8.04. The van der Waals surface area contributed by atoms with Gasteiger partial charge in [-0.15, -0.1) is 10.2 Å². The normalized spacial score (nSPS) is 14.1. The summed E-state index contributed by atoms with van der Waals surface area (Å²) in [6, 6.07) is 10.8. The van der Waals surface area contributed by atoms with E-state index in [1.807, 2.05) is 18.2 Å². The number of hydrogen-bond donors (Lipinski definition) is 0. The predicted octanol–water partition coefficient (Wildman–Crippen LogP) is 1.68. The highest BCUT2D eigenvalue weighted by Gasteiger charge is 2.25. The third-order valence-electron chi connectivity index (χ3n) is 4.28. The Morgan fingerprint density at radius 1 is 0.885 bits per heavy atom. The minimum atomic E-state index is -0.359. The van der Waals surface area contributed by atoms with Gasteiger partial charge in [-0.1, -0.05) is 12.1 Å². The number of ether oxygens (including phenoxy) is 2. The van der Waals surface area contributed by atoms with Crippen molar-refractivity contribution in [3.8, 4) is 17.1 Å². The number of carbonyl (C=O) groups is 2. The summed E-state index contributed by atoms with van der Waals surface area (Å²) in [7, 11) is 2.89. The van der Waals surface area contributed by atoms with Crippen LogP contribution < -0.4 is 4.74 Å². The summed E-state index contributed by atoms with van der Waals surface area (Å²) in [5.74, 6) is 0.397. The number of piperazine rings is 1. The van der Waals surface area contributed by atoms with E-state index in [-0.39, 0.29) is 12.0 Å². The van der Waals surface area contributed by atoms with Gasteiger partial charge in [-0.2, -0.15) is 0 Å². The largest absolute Gasteiger partial charge is 0.480 e. The minimum absolute atomic E-state index is 0.0538. The van der Waals surface area contributed by atoms with Crippen LogP contribution in [0.1, 0.15) is 10.4 Å². The molecule has 26 heavy (non-hydrogen) atoms. The molecule has 1 aliphatic rings. The average molecular weight is 356 g/mol. The molecule has 2 aromatic rings. The molecule has 0 saturated carbocycles. The van der Waals surface area contributed by atoms with Gasteiger partial charge in [0.1, 0.15) is 0 Å². The molecule has 0 unspecified atom stereocenters. The molecule has 136 valence electrons. The van der Waals surface area contributed by atoms with Gasteiger partial charge < -0.3 is 19.3 Å². The lowest BCUT2D eigenvalue weighted by Gasteiger charge is -2.33. The van der Waals surface area contributed by atoms with Crippen LogP contribution in [0.4, 0.5) is 4.79 Å². The lowest BCUT2D eigenvalue weighted by molar-refractivity contribution is 0.0599. The molecule has 1 aliphatic heterocycles. The van der Waals surface area contributed by atoms with E-state index >= 15 is 0 Å². The fraction of sp³-hybridized carbons (Fsp3) is 0.333. The van der Waals surface area contributed by atoms with Gasteiger partial charge in [0.2, 0.25) is 5.88 Å². The third-order valence-corrected chi connectivity index (χ3v) is 4.28. The molecule has 0 spiro atoms. The molecule has 3 rings (SSSR count). The van der Waals surface area contributed by atoms with E-state index in [1.165, 1.54) is 14.2 Å². The molecule has 8 nitrogen and oxygen atoms in total. The Labute approximate surface area is 151 Å². The van der Waals surface area contributed by atoms with Crippen molar-refractivity contribution in [3.05, 3.63) is 42.0 Å². The zero-order valence-electron chi connectivity index (χ0n) is 14.7. The maximum atomic E-state index is 12.6. The van der Waals surface area contributed by atoms with Gasteiger partial charge in [-0.25, -0.2) is 4.79 Å². The Kier molecular flexibility index (Phi) is 5.31. The molecule has 0 bridgehead atoms. The van der Waals surface area contributed by atoms with Crippen LogP contribution >= 0.6 is 0 Å². The van der Waals surface area contributed by atoms with Crippen molar-refractivity contribution >= 4 is 12.0 Å². The molecular weight excluding hydrogens is 336 g/mol. The molecule has 8 heteroatoms. The van der Waals surface area contributed by atoms with Crippen molar-refractivity contribution in [3.63, 3.8) is 0 Å². The molecule has 2 amide bonds. The molecule has 1 aromatic heterocycles. The standard InChI is InChI=1S/C18H20N4O4/c1-25-16-8-7-15(19-20-16)13-3-5-14(6-4-13)17(23)21-9-11-22(12-10-21)18(24)26-2/h3-8H,9-12H2,1-2H3. The Morgan fingerprint density at radius 2 is 1.54 bits per heavy atom. The minimum Gasteiger partial charge on any atom is -0.480 e. The van der Waals surface area contributed by atoms with Crippen LogP contribution in [0.15, 0.2) is 36.4 Å². The number of benzene rings is 1. The molecule has 0 aliphatic carbocycles. The zero-order valence-corrected chi connectivity index (χ0v) is 14.7. The van der Waals surface area contributed by atoms with Gasteiger partial charge in [0, 0.05) is 43.4 Å². The lowest BCUT2D eigenvalue weighted by Crippen LogP contribution is -2.50. The Morgan fingerprint density at radius 3 is 2.08 bits per heavy atom. The van der Waals surface area contributed by atoms with E-state index in [0.29, 0.717) is 43.3 Å². The van der Waals surface area contributed by atoms with E-state index in [1.54, 1.807) is 28.0 Å². The topological polar surface area (TPSA) is 84.9 Å². The first-order valence-electron chi connectivity index (χ1n) is 8.22. The van der Waals surface area contributed by atoms with Gasteiger partial charge in [0.25, 0.3) is 5.91 Å². The number of nitrogens with zero attached hydrogens (tertiary/aromatic N) is 4. The van der Waals surface area contributed by atoms with E-state index < -0.39 is 0 Å². The number of amides is 2. The zero-order chi connectivity index (χ0) is 18.5. The molecule has 1 saturated heterocycles. The van der Waals surface area contributed by atoms with Crippen LogP contribution in [0.25, 0.3) is 11.3 Å². The summed E-state index contributed by atoms with van der Waals surface area (Å²) >= 11 is 0. The van der Waals surface area contributed by atoms with Gasteiger partial charge in [-0.3, -0.25) is 4.79 Å². The molecular formula is C18H20N4O4. The number of hydrogen-bond acceptors (Lipinski definition) is 6. The average Bonchev–Trinajstić information content (AvgIpc) is 2.73. The van der Waals surface area contributed by atoms with Crippen LogP contribution in [0.2, 0.25) is 0 Å². The summed E-state index contributed by atoms with van der Waals surface area (Å²) in [4.78, 5) is 27.5. The Balaban J connectivity index is 1.64. The quantitative estimate of drug-likeness (QED) is 0.832. The third kappa shape index (κ3) is 3.74. The Hall–Kier alpha value is -3.16. The maximum Gasteiger partial charge on any atom is 0.409 e. The highest BCUT2D eigenvalue weighted by molar-refractivity contribution is 5.94. The molecule has 0 radical (unpaired) electrons.